The number of nitrogens with one attached hydrogen (secondary N) is 1. The summed E-state index contributed by atoms with van der Waals surface area (Å²) in [5.74, 6) is 0.786. The summed E-state index contributed by atoms with van der Waals surface area (Å²) >= 11 is 0. The number of para-hydroxylation sites is 1. The smallest absolute Gasteiger partial charge is 0.257 e. The Labute approximate surface area is 145 Å². The van der Waals surface area contributed by atoms with Gasteiger partial charge in [0, 0.05) is 13.0 Å². The van der Waals surface area contributed by atoms with Gasteiger partial charge >= 0.3 is 0 Å². The zero-order valence-electron chi connectivity index (χ0n) is 13.8. The first-order valence-electron chi connectivity index (χ1n) is 8.25. The lowest BCUT2D eigenvalue weighted by atomic mass is 10.1. The molecule has 0 saturated carbocycles. The number of carbonyl (C=O) groups is 1. The molecule has 1 aliphatic heterocycles. The summed E-state index contributed by atoms with van der Waals surface area (Å²) in [6, 6.07) is 11.8. The van der Waals surface area contributed by atoms with Gasteiger partial charge in [-0.2, -0.15) is 0 Å². The highest BCUT2D eigenvalue weighted by molar-refractivity contribution is 5.77. The van der Waals surface area contributed by atoms with Crippen LogP contribution in [0.25, 0.3) is 0 Å². The van der Waals surface area contributed by atoms with E-state index < -0.39 is 5.82 Å². The Morgan fingerprint density at radius 3 is 2.76 bits per heavy atom. The lowest BCUT2D eigenvalue weighted by molar-refractivity contribution is -0.123. The number of rotatable bonds is 6. The average Bonchev–Trinajstić information content (AvgIpc) is 2.86. The molecule has 0 spiro atoms. The SMILES string of the molecule is O=C(COc1ccccc1F)NCCc1ccc2c(c1)OCCCO2. The molecule has 0 atom stereocenters. The van der Waals surface area contributed by atoms with E-state index in [1.807, 2.05) is 18.2 Å². The van der Waals surface area contributed by atoms with Crippen molar-refractivity contribution in [2.75, 3.05) is 26.4 Å². The quantitative estimate of drug-likeness (QED) is 0.875. The number of carbonyl (C=O) groups excluding carboxylic acids is 1. The Kier molecular flexibility index (Phi) is 5.72. The zero-order chi connectivity index (χ0) is 17.5. The Hall–Kier alpha value is -2.76. The highest BCUT2D eigenvalue weighted by Crippen LogP contribution is 2.30. The molecule has 1 N–H and O–H groups in total. The van der Waals surface area contributed by atoms with E-state index in [1.54, 1.807) is 12.1 Å². The van der Waals surface area contributed by atoms with Crippen LogP contribution in [0.4, 0.5) is 4.39 Å². The molecular weight excluding hydrogens is 325 g/mol. The summed E-state index contributed by atoms with van der Waals surface area (Å²) in [6.45, 7) is 1.53. The number of benzene rings is 2. The molecule has 5 nitrogen and oxygen atoms in total. The molecule has 2 aromatic carbocycles. The van der Waals surface area contributed by atoms with Gasteiger partial charge in [0.15, 0.2) is 29.7 Å². The van der Waals surface area contributed by atoms with E-state index in [0.29, 0.717) is 26.2 Å². The number of halogens is 1. The summed E-state index contributed by atoms with van der Waals surface area (Å²) in [7, 11) is 0. The normalized spacial score (nSPS) is 13.0. The van der Waals surface area contributed by atoms with E-state index in [9.17, 15) is 9.18 Å². The molecule has 6 heteroatoms. The van der Waals surface area contributed by atoms with Crippen molar-refractivity contribution in [1.82, 2.24) is 5.32 Å². The van der Waals surface area contributed by atoms with Crippen molar-refractivity contribution in [3.05, 3.63) is 53.8 Å². The van der Waals surface area contributed by atoms with E-state index in [1.165, 1.54) is 12.1 Å². The maximum atomic E-state index is 13.4. The molecule has 1 aliphatic rings. The van der Waals surface area contributed by atoms with Gasteiger partial charge in [-0.1, -0.05) is 18.2 Å². The molecule has 0 radical (unpaired) electrons. The molecule has 0 saturated heterocycles. The molecule has 25 heavy (non-hydrogen) atoms. The van der Waals surface area contributed by atoms with Crippen LogP contribution in [0, 0.1) is 5.82 Å². The van der Waals surface area contributed by atoms with Gasteiger partial charge < -0.3 is 19.5 Å². The summed E-state index contributed by atoms with van der Waals surface area (Å²) in [5.41, 5.74) is 1.04. The van der Waals surface area contributed by atoms with Crippen LogP contribution in [0.2, 0.25) is 0 Å². The van der Waals surface area contributed by atoms with Gasteiger partial charge in [0.1, 0.15) is 0 Å². The Balaban J connectivity index is 1.44. The minimum Gasteiger partial charge on any atom is -0.490 e. The minimum atomic E-state index is -0.484. The number of hydrogen-bond acceptors (Lipinski definition) is 4. The number of fused-ring (bicyclic) bond motifs is 1. The van der Waals surface area contributed by atoms with Gasteiger partial charge in [0.2, 0.25) is 0 Å². The van der Waals surface area contributed by atoms with Gasteiger partial charge in [-0.15, -0.1) is 0 Å². The Morgan fingerprint density at radius 2 is 1.92 bits per heavy atom. The van der Waals surface area contributed by atoms with E-state index in [4.69, 9.17) is 14.2 Å². The maximum Gasteiger partial charge on any atom is 0.257 e. The fraction of sp³-hybridized carbons (Fsp3) is 0.316. The van der Waals surface area contributed by atoms with E-state index in [2.05, 4.69) is 5.32 Å². The third kappa shape index (κ3) is 4.86. The van der Waals surface area contributed by atoms with Crippen LogP contribution >= 0.6 is 0 Å². The average molecular weight is 345 g/mol. The van der Waals surface area contributed by atoms with Gasteiger partial charge in [-0.05, 0) is 36.2 Å². The zero-order valence-corrected chi connectivity index (χ0v) is 13.8. The fourth-order valence-corrected chi connectivity index (χ4v) is 2.47. The number of hydrogen-bond donors (Lipinski definition) is 1. The lowest BCUT2D eigenvalue weighted by Gasteiger charge is -2.10. The van der Waals surface area contributed by atoms with Crippen LogP contribution in [0.15, 0.2) is 42.5 Å². The third-order valence-electron chi connectivity index (χ3n) is 3.74. The van der Waals surface area contributed by atoms with Crippen molar-refractivity contribution in [3.63, 3.8) is 0 Å². The van der Waals surface area contributed by atoms with E-state index in [0.717, 1.165) is 23.5 Å². The van der Waals surface area contributed by atoms with E-state index in [-0.39, 0.29) is 18.3 Å². The summed E-state index contributed by atoms with van der Waals surface area (Å²) < 4.78 is 29.8. The van der Waals surface area contributed by atoms with Crippen molar-refractivity contribution in [2.45, 2.75) is 12.8 Å². The Morgan fingerprint density at radius 1 is 1.12 bits per heavy atom. The summed E-state index contributed by atoms with van der Waals surface area (Å²) in [4.78, 5) is 11.8. The van der Waals surface area contributed by atoms with Crippen LogP contribution in [-0.4, -0.2) is 32.3 Å². The van der Waals surface area contributed by atoms with Gasteiger partial charge in [0.25, 0.3) is 5.91 Å². The van der Waals surface area contributed by atoms with Crippen molar-refractivity contribution >= 4 is 5.91 Å². The van der Waals surface area contributed by atoms with Crippen LogP contribution in [-0.2, 0) is 11.2 Å². The molecular formula is C19H20FNO4. The highest BCUT2D eigenvalue weighted by Gasteiger charge is 2.11. The molecule has 0 aliphatic carbocycles. The molecule has 0 bridgehead atoms. The third-order valence-corrected chi connectivity index (χ3v) is 3.74. The second kappa shape index (κ2) is 8.37. The second-order valence-corrected chi connectivity index (χ2v) is 5.65. The monoisotopic (exact) mass is 345 g/mol. The van der Waals surface area contributed by atoms with Crippen molar-refractivity contribution in [3.8, 4) is 17.2 Å². The molecule has 3 rings (SSSR count). The molecule has 1 heterocycles. The highest BCUT2D eigenvalue weighted by atomic mass is 19.1. The van der Waals surface area contributed by atoms with E-state index >= 15 is 0 Å². The predicted molar refractivity (Wildman–Crippen MR) is 90.7 cm³/mol. The summed E-state index contributed by atoms with van der Waals surface area (Å²) in [6.07, 6.45) is 1.52. The first-order valence-corrected chi connectivity index (χ1v) is 8.25. The molecule has 2 aromatic rings. The number of ether oxygens (including phenoxy) is 3. The first-order chi connectivity index (χ1) is 12.2. The Bertz CT molecular complexity index is 735. The van der Waals surface area contributed by atoms with Gasteiger partial charge in [0.05, 0.1) is 13.2 Å². The largest absolute Gasteiger partial charge is 0.490 e. The van der Waals surface area contributed by atoms with Crippen LogP contribution < -0.4 is 19.5 Å². The van der Waals surface area contributed by atoms with Crippen LogP contribution in [0.5, 0.6) is 17.2 Å². The summed E-state index contributed by atoms with van der Waals surface area (Å²) in [5, 5.41) is 2.75. The standard InChI is InChI=1S/C19H20FNO4/c20-15-4-1-2-5-16(15)25-13-19(22)21-9-8-14-6-7-17-18(12-14)24-11-3-10-23-17/h1-2,4-7,12H,3,8-11,13H2,(H,21,22). The van der Waals surface area contributed by atoms with Gasteiger partial charge in [-0.25, -0.2) is 4.39 Å². The maximum absolute atomic E-state index is 13.4. The minimum absolute atomic E-state index is 0.0700. The van der Waals surface area contributed by atoms with Gasteiger partial charge in [-0.3, -0.25) is 4.79 Å². The second-order valence-electron chi connectivity index (χ2n) is 5.65. The molecule has 0 fully saturated rings. The van der Waals surface area contributed by atoms with Crippen molar-refractivity contribution in [2.24, 2.45) is 0 Å². The predicted octanol–water partition coefficient (Wildman–Crippen LogP) is 2.72. The first kappa shape index (κ1) is 17.1. The molecule has 1 amide bonds. The number of amides is 1. The topological polar surface area (TPSA) is 56.8 Å². The van der Waals surface area contributed by atoms with Crippen molar-refractivity contribution < 1.29 is 23.4 Å². The lowest BCUT2D eigenvalue weighted by Crippen LogP contribution is -2.30. The van der Waals surface area contributed by atoms with Crippen molar-refractivity contribution in [1.29, 1.82) is 0 Å². The van der Waals surface area contributed by atoms with Crippen LogP contribution in [0.1, 0.15) is 12.0 Å². The fourth-order valence-electron chi connectivity index (χ4n) is 2.47. The molecule has 0 unspecified atom stereocenters. The van der Waals surface area contributed by atoms with Crippen LogP contribution in [0.3, 0.4) is 0 Å². The molecule has 0 aromatic heterocycles. The molecule has 132 valence electrons.